The van der Waals surface area contributed by atoms with Crippen molar-refractivity contribution in [3.05, 3.63) is 41.9 Å². The van der Waals surface area contributed by atoms with Crippen LogP contribution in [0.15, 0.2) is 30.5 Å². The minimum atomic E-state index is 0.286. The Morgan fingerprint density at radius 2 is 1.85 bits per heavy atom. The molecule has 3 heterocycles. The van der Waals surface area contributed by atoms with Crippen molar-refractivity contribution >= 4 is 11.8 Å². The maximum atomic E-state index is 4.27. The second kappa shape index (κ2) is 5.00. The zero-order chi connectivity index (χ0) is 13.9. The third-order valence-corrected chi connectivity index (χ3v) is 2.57. The van der Waals surface area contributed by atoms with Crippen molar-refractivity contribution in [2.24, 2.45) is 0 Å². The Hall–Kier alpha value is -2.90. The first kappa shape index (κ1) is 12.2. The van der Waals surface area contributed by atoms with Gasteiger partial charge in [0.05, 0.1) is 5.69 Å². The summed E-state index contributed by atoms with van der Waals surface area (Å²) in [7, 11) is 0. The SMILES string of the molecule is Cc1cc(C)n(-c2nnc(Nc3ccccn3)nn2)n1. The number of nitrogens with zero attached hydrogens (tertiary/aromatic N) is 7. The maximum Gasteiger partial charge on any atom is 0.289 e. The van der Waals surface area contributed by atoms with Crippen molar-refractivity contribution in [2.75, 3.05) is 5.32 Å². The van der Waals surface area contributed by atoms with Crippen LogP contribution in [0.25, 0.3) is 5.95 Å². The monoisotopic (exact) mass is 268 g/mol. The lowest BCUT2D eigenvalue weighted by atomic mass is 10.4. The molecule has 0 saturated heterocycles. The Morgan fingerprint density at radius 1 is 1.05 bits per heavy atom. The summed E-state index contributed by atoms with van der Waals surface area (Å²) in [6.07, 6.45) is 1.67. The zero-order valence-electron chi connectivity index (χ0n) is 11.0. The lowest BCUT2D eigenvalue weighted by Crippen LogP contribution is -2.10. The third-order valence-electron chi connectivity index (χ3n) is 2.57. The van der Waals surface area contributed by atoms with Crippen molar-refractivity contribution < 1.29 is 0 Å². The van der Waals surface area contributed by atoms with Crippen molar-refractivity contribution in [2.45, 2.75) is 13.8 Å². The smallest absolute Gasteiger partial charge is 0.289 e. The molecule has 100 valence electrons. The van der Waals surface area contributed by atoms with E-state index in [4.69, 9.17) is 0 Å². The fraction of sp³-hybridized carbons (Fsp3) is 0.167. The normalized spacial score (nSPS) is 10.5. The van der Waals surface area contributed by atoms with Crippen LogP contribution in [0.3, 0.4) is 0 Å². The highest BCUT2D eigenvalue weighted by Crippen LogP contribution is 2.08. The molecule has 0 fully saturated rings. The fourth-order valence-corrected chi connectivity index (χ4v) is 1.74. The van der Waals surface area contributed by atoms with Gasteiger partial charge in [0.25, 0.3) is 11.9 Å². The van der Waals surface area contributed by atoms with Gasteiger partial charge in [0.2, 0.25) is 0 Å². The predicted octanol–water partition coefficient (Wildman–Crippen LogP) is 1.21. The highest BCUT2D eigenvalue weighted by Gasteiger charge is 2.08. The lowest BCUT2D eigenvalue weighted by molar-refractivity contribution is 0.713. The third kappa shape index (κ3) is 2.44. The van der Waals surface area contributed by atoms with Crippen LogP contribution in [-0.4, -0.2) is 35.2 Å². The zero-order valence-corrected chi connectivity index (χ0v) is 11.0. The first-order valence-electron chi connectivity index (χ1n) is 6.01. The first-order valence-corrected chi connectivity index (χ1v) is 6.01. The number of pyridine rings is 1. The average molecular weight is 268 g/mol. The van der Waals surface area contributed by atoms with E-state index in [9.17, 15) is 0 Å². The standard InChI is InChI=1S/C12H12N8/c1-8-7-9(2)20(19-8)12-17-15-11(16-18-12)14-10-5-3-4-6-13-10/h3-7H,1-2H3,(H,13,14,15,16). The van der Waals surface area contributed by atoms with Crippen molar-refractivity contribution in [3.63, 3.8) is 0 Å². The van der Waals surface area contributed by atoms with Gasteiger partial charge in [-0.05, 0) is 32.0 Å². The molecule has 0 unspecified atom stereocenters. The van der Waals surface area contributed by atoms with Crippen molar-refractivity contribution in [3.8, 4) is 5.95 Å². The van der Waals surface area contributed by atoms with Gasteiger partial charge in [0.1, 0.15) is 5.82 Å². The van der Waals surface area contributed by atoms with Crippen LogP contribution in [0.2, 0.25) is 0 Å². The summed E-state index contributed by atoms with van der Waals surface area (Å²) in [4.78, 5) is 4.11. The Balaban J connectivity index is 1.83. The summed E-state index contributed by atoms with van der Waals surface area (Å²) in [5.41, 5.74) is 1.82. The molecule has 0 aromatic carbocycles. The molecule has 0 aliphatic carbocycles. The van der Waals surface area contributed by atoms with Crippen LogP contribution in [-0.2, 0) is 0 Å². The van der Waals surface area contributed by atoms with Crippen LogP contribution < -0.4 is 5.32 Å². The number of aryl methyl sites for hydroxylation is 2. The quantitative estimate of drug-likeness (QED) is 0.762. The van der Waals surface area contributed by atoms with E-state index in [1.807, 2.05) is 32.0 Å². The number of hydrogen-bond acceptors (Lipinski definition) is 7. The van der Waals surface area contributed by atoms with E-state index in [0.717, 1.165) is 11.4 Å². The van der Waals surface area contributed by atoms with Gasteiger partial charge in [-0.3, -0.25) is 0 Å². The molecule has 8 nitrogen and oxygen atoms in total. The maximum absolute atomic E-state index is 4.27. The number of rotatable bonds is 3. The van der Waals surface area contributed by atoms with Gasteiger partial charge in [0, 0.05) is 11.9 Å². The Kier molecular flexibility index (Phi) is 3.04. The summed E-state index contributed by atoms with van der Waals surface area (Å²) in [5, 5.41) is 23.1. The van der Waals surface area contributed by atoms with Gasteiger partial charge in [-0.2, -0.15) is 5.10 Å². The highest BCUT2D eigenvalue weighted by molar-refractivity contribution is 5.45. The van der Waals surface area contributed by atoms with Crippen LogP contribution in [0.5, 0.6) is 0 Å². The molecule has 0 amide bonds. The van der Waals surface area contributed by atoms with Gasteiger partial charge in [-0.1, -0.05) is 6.07 Å². The molecule has 0 aliphatic rings. The molecule has 3 rings (SSSR count). The molecule has 8 heteroatoms. The number of hydrogen-bond donors (Lipinski definition) is 1. The van der Waals surface area contributed by atoms with Gasteiger partial charge >= 0.3 is 0 Å². The van der Waals surface area contributed by atoms with Gasteiger partial charge in [-0.15, -0.1) is 20.4 Å². The van der Waals surface area contributed by atoms with Crippen molar-refractivity contribution in [1.29, 1.82) is 0 Å². The summed E-state index contributed by atoms with van der Waals surface area (Å²) < 4.78 is 1.60. The van der Waals surface area contributed by atoms with Crippen LogP contribution >= 0.6 is 0 Å². The Morgan fingerprint density at radius 3 is 2.45 bits per heavy atom. The Bertz CT molecular complexity index is 704. The number of aromatic nitrogens is 7. The molecule has 20 heavy (non-hydrogen) atoms. The molecule has 3 aromatic rings. The molecular formula is C12H12N8. The fourth-order valence-electron chi connectivity index (χ4n) is 1.74. The molecule has 0 bridgehead atoms. The molecule has 0 spiro atoms. The van der Waals surface area contributed by atoms with Crippen LogP contribution in [0.1, 0.15) is 11.4 Å². The predicted molar refractivity (Wildman–Crippen MR) is 71.7 cm³/mol. The molecule has 0 saturated carbocycles. The second-order valence-corrected chi connectivity index (χ2v) is 4.20. The highest BCUT2D eigenvalue weighted by atomic mass is 15.5. The molecule has 0 aliphatic heterocycles. The summed E-state index contributed by atoms with van der Waals surface area (Å²) in [6.45, 7) is 3.82. The summed E-state index contributed by atoms with van der Waals surface area (Å²) in [6, 6.07) is 7.43. The minimum absolute atomic E-state index is 0.286. The van der Waals surface area contributed by atoms with E-state index in [1.54, 1.807) is 16.9 Å². The lowest BCUT2D eigenvalue weighted by Gasteiger charge is -2.03. The van der Waals surface area contributed by atoms with E-state index >= 15 is 0 Å². The molecule has 3 aromatic heterocycles. The van der Waals surface area contributed by atoms with Crippen molar-refractivity contribution in [1.82, 2.24) is 35.2 Å². The van der Waals surface area contributed by atoms with Crippen LogP contribution in [0, 0.1) is 13.8 Å². The van der Waals surface area contributed by atoms with E-state index in [-0.39, 0.29) is 5.95 Å². The topological polar surface area (TPSA) is 94.3 Å². The second-order valence-electron chi connectivity index (χ2n) is 4.20. The number of anilines is 2. The van der Waals surface area contributed by atoms with Gasteiger partial charge in [-0.25, -0.2) is 9.67 Å². The number of nitrogens with one attached hydrogen (secondary N) is 1. The van der Waals surface area contributed by atoms with E-state index in [0.29, 0.717) is 11.8 Å². The minimum Gasteiger partial charge on any atom is -0.306 e. The molecule has 0 radical (unpaired) electrons. The molecule has 1 N–H and O–H groups in total. The van der Waals surface area contributed by atoms with E-state index in [1.165, 1.54) is 0 Å². The summed E-state index contributed by atoms with van der Waals surface area (Å²) in [5.74, 6) is 1.26. The summed E-state index contributed by atoms with van der Waals surface area (Å²) >= 11 is 0. The largest absolute Gasteiger partial charge is 0.306 e. The molecule has 0 atom stereocenters. The van der Waals surface area contributed by atoms with E-state index < -0.39 is 0 Å². The first-order chi connectivity index (χ1) is 9.72. The Labute approximate surface area is 114 Å². The van der Waals surface area contributed by atoms with Crippen LogP contribution in [0.4, 0.5) is 11.8 Å². The van der Waals surface area contributed by atoms with Gasteiger partial charge < -0.3 is 5.32 Å². The average Bonchev–Trinajstić information content (AvgIpc) is 2.80. The molecular weight excluding hydrogens is 256 g/mol. The van der Waals surface area contributed by atoms with E-state index in [2.05, 4.69) is 35.8 Å². The van der Waals surface area contributed by atoms with Gasteiger partial charge in [0.15, 0.2) is 0 Å².